The van der Waals surface area contributed by atoms with Crippen molar-refractivity contribution in [1.82, 2.24) is 5.43 Å². The molecule has 1 rings (SSSR count). The Morgan fingerprint density at radius 1 is 1.64 bits per heavy atom. The third kappa shape index (κ3) is 2.56. The van der Waals surface area contributed by atoms with Crippen LogP contribution in [0.5, 0.6) is 0 Å². The maximum Gasteiger partial charge on any atom is 0.0504 e. The SMILES string of the molecule is C=CCC(NN)c1cccc(C)c1I. The summed E-state index contributed by atoms with van der Waals surface area (Å²) in [6.45, 7) is 5.83. The van der Waals surface area contributed by atoms with E-state index >= 15 is 0 Å². The van der Waals surface area contributed by atoms with Crippen LogP contribution in [-0.4, -0.2) is 0 Å². The first kappa shape index (κ1) is 11.7. The van der Waals surface area contributed by atoms with Crippen molar-refractivity contribution in [3.05, 3.63) is 45.6 Å². The molecule has 0 spiro atoms. The van der Waals surface area contributed by atoms with Gasteiger partial charge in [-0.2, -0.15) is 0 Å². The van der Waals surface area contributed by atoms with Gasteiger partial charge in [0.05, 0.1) is 6.04 Å². The van der Waals surface area contributed by atoms with E-state index in [0.29, 0.717) is 0 Å². The van der Waals surface area contributed by atoms with Gasteiger partial charge in [-0.15, -0.1) is 6.58 Å². The molecule has 14 heavy (non-hydrogen) atoms. The molecule has 1 aromatic carbocycles. The second-order valence-corrected chi connectivity index (χ2v) is 4.30. The number of halogens is 1. The quantitative estimate of drug-likeness (QED) is 0.388. The number of rotatable bonds is 4. The Balaban J connectivity index is 3.03. The lowest BCUT2D eigenvalue weighted by Gasteiger charge is -2.17. The van der Waals surface area contributed by atoms with Gasteiger partial charge in [-0.05, 0) is 47.1 Å². The van der Waals surface area contributed by atoms with E-state index in [1.54, 1.807) is 0 Å². The van der Waals surface area contributed by atoms with Crippen LogP contribution in [0.4, 0.5) is 0 Å². The lowest BCUT2D eigenvalue weighted by atomic mass is 10.0. The van der Waals surface area contributed by atoms with Gasteiger partial charge in [-0.25, -0.2) is 0 Å². The first-order valence-electron chi connectivity index (χ1n) is 4.52. The van der Waals surface area contributed by atoms with Gasteiger partial charge in [0.25, 0.3) is 0 Å². The summed E-state index contributed by atoms with van der Waals surface area (Å²) in [6.07, 6.45) is 2.72. The van der Waals surface area contributed by atoms with Gasteiger partial charge in [0.2, 0.25) is 0 Å². The minimum atomic E-state index is 0.166. The zero-order valence-electron chi connectivity index (χ0n) is 8.26. The monoisotopic (exact) mass is 302 g/mol. The summed E-state index contributed by atoms with van der Waals surface area (Å²) in [5.41, 5.74) is 5.34. The Hall–Kier alpha value is -0.390. The van der Waals surface area contributed by atoms with Crippen LogP contribution in [0, 0.1) is 10.5 Å². The molecule has 76 valence electrons. The molecule has 0 aliphatic carbocycles. The molecule has 0 aromatic heterocycles. The molecule has 1 aromatic rings. The van der Waals surface area contributed by atoms with Gasteiger partial charge >= 0.3 is 0 Å². The van der Waals surface area contributed by atoms with Crippen molar-refractivity contribution in [2.75, 3.05) is 0 Å². The molecule has 0 bridgehead atoms. The van der Waals surface area contributed by atoms with Gasteiger partial charge < -0.3 is 0 Å². The summed E-state index contributed by atoms with van der Waals surface area (Å²) in [4.78, 5) is 0. The molecule has 3 heteroatoms. The smallest absolute Gasteiger partial charge is 0.0504 e. The average Bonchev–Trinajstić information content (AvgIpc) is 2.19. The molecular formula is C11H15IN2. The molecule has 0 aliphatic heterocycles. The van der Waals surface area contributed by atoms with Crippen molar-refractivity contribution in [2.24, 2.45) is 5.84 Å². The molecule has 0 aliphatic rings. The Morgan fingerprint density at radius 2 is 2.36 bits per heavy atom. The highest BCUT2D eigenvalue weighted by Gasteiger charge is 2.11. The van der Waals surface area contributed by atoms with Crippen molar-refractivity contribution in [2.45, 2.75) is 19.4 Å². The molecule has 0 radical (unpaired) electrons. The van der Waals surface area contributed by atoms with E-state index in [9.17, 15) is 0 Å². The number of hydrogen-bond donors (Lipinski definition) is 2. The van der Waals surface area contributed by atoms with Crippen molar-refractivity contribution in [3.63, 3.8) is 0 Å². The fraction of sp³-hybridized carbons (Fsp3) is 0.273. The molecule has 3 N–H and O–H groups in total. The highest BCUT2D eigenvalue weighted by molar-refractivity contribution is 14.1. The number of nitrogens with two attached hydrogens (primary N) is 1. The van der Waals surface area contributed by atoms with Crippen LogP contribution in [0.15, 0.2) is 30.9 Å². The van der Waals surface area contributed by atoms with Gasteiger partial charge in [-0.1, -0.05) is 24.3 Å². The molecule has 1 unspecified atom stereocenters. The average molecular weight is 302 g/mol. The molecular weight excluding hydrogens is 287 g/mol. The topological polar surface area (TPSA) is 38.0 Å². The van der Waals surface area contributed by atoms with Crippen LogP contribution in [0.1, 0.15) is 23.6 Å². The normalized spacial score (nSPS) is 12.5. The van der Waals surface area contributed by atoms with E-state index < -0.39 is 0 Å². The van der Waals surface area contributed by atoms with Gasteiger partial charge in [0, 0.05) is 3.57 Å². The number of benzene rings is 1. The minimum Gasteiger partial charge on any atom is -0.271 e. The van der Waals surface area contributed by atoms with Crippen molar-refractivity contribution in [1.29, 1.82) is 0 Å². The van der Waals surface area contributed by atoms with Crippen LogP contribution in [0.3, 0.4) is 0 Å². The lowest BCUT2D eigenvalue weighted by Crippen LogP contribution is -2.28. The molecule has 2 nitrogen and oxygen atoms in total. The van der Waals surface area contributed by atoms with Gasteiger partial charge in [0.1, 0.15) is 0 Å². The van der Waals surface area contributed by atoms with E-state index in [0.717, 1.165) is 6.42 Å². The van der Waals surface area contributed by atoms with E-state index in [2.05, 4.69) is 59.7 Å². The maximum atomic E-state index is 5.51. The lowest BCUT2D eigenvalue weighted by molar-refractivity contribution is 0.559. The second-order valence-electron chi connectivity index (χ2n) is 3.22. The molecule has 0 heterocycles. The van der Waals surface area contributed by atoms with Crippen molar-refractivity contribution >= 4 is 22.6 Å². The van der Waals surface area contributed by atoms with E-state index in [1.807, 2.05) is 6.08 Å². The van der Waals surface area contributed by atoms with Gasteiger partial charge in [0.15, 0.2) is 0 Å². The molecule has 0 fully saturated rings. The summed E-state index contributed by atoms with van der Waals surface area (Å²) in [5, 5.41) is 0. The predicted molar refractivity (Wildman–Crippen MR) is 68.8 cm³/mol. The maximum absolute atomic E-state index is 5.51. The van der Waals surface area contributed by atoms with Crippen LogP contribution in [0.2, 0.25) is 0 Å². The Kier molecular flexibility index (Phi) is 4.57. The first-order chi connectivity index (χ1) is 6.70. The van der Waals surface area contributed by atoms with Crippen molar-refractivity contribution in [3.8, 4) is 0 Å². The number of hydrazine groups is 1. The first-order valence-corrected chi connectivity index (χ1v) is 5.60. The molecule has 1 atom stereocenters. The Bertz CT molecular complexity index is 323. The fourth-order valence-corrected chi connectivity index (χ4v) is 2.13. The summed E-state index contributed by atoms with van der Waals surface area (Å²) in [5.74, 6) is 5.51. The third-order valence-corrected chi connectivity index (χ3v) is 3.67. The minimum absolute atomic E-state index is 0.166. The fourth-order valence-electron chi connectivity index (χ4n) is 1.39. The number of hydrogen-bond acceptors (Lipinski definition) is 2. The summed E-state index contributed by atoms with van der Waals surface area (Å²) >= 11 is 2.35. The van der Waals surface area contributed by atoms with Crippen LogP contribution in [-0.2, 0) is 0 Å². The molecule has 0 saturated heterocycles. The van der Waals surface area contributed by atoms with E-state index in [4.69, 9.17) is 5.84 Å². The third-order valence-electron chi connectivity index (χ3n) is 2.20. The summed E-state index contributed by atoms with van der Waals surface area (Å²) < 4.78 is 1.27. The Morgan fingerprint density at radius 3 is 2.93 bits per heavy atom. The van der Waals surface area contributed by atoms with Crippen LogP contribution in [0.25, 0.3) is 0 Å². The zero-order valence-corrected chi connectivity index (χ0v) is 10.4. The van der Waals surface area contributed by atoms with E-state index in [1.165, 1.54) is 14.7 Å². The van der Waals surface area contributed by atoms with Crippen LogP contribution < -0.4 is 11.3 Å². The highest BCUT2D eigenvalue weighted by Crippen LogP contribution is 2.24. The van der Waals surface area contributed by atoms with Crippen LogP contribution >= 0.6 is 22.6 Å². The van der Waals surface area contributed by atoms with E-state index in [-0.39, 0.29) is 6.04 Å². The van der Waals surface area contributed by atoms with Crippen molar-refractivity contribution < 1.29 is 0 Å². The summed E-state index contributed by atoms with van der Waals surface area (Å²) in [6, 6.07) is 6.43. The largest absolute Gasteiger partial charge is 0.271 e. The zero-order chi connectivity index (χ0) is 10.6. The second kappa shape index (κ2) is 5.48. The number of aryl methyl sites for hydroxylation is 1. The Labute approximate surface area is 98.7 Å². The molecule has 0 amide bonds. The predicted octanol–water partition coefficient (Wildman–Crippen LogP) is 2.68. The molecule has 0 saturated carbocycles. The number of nitrogens with one attached hydrogen (secondary N) is 1. The highest BCUT2D eigenvalue weighted by atomic mass is 127. The summed E-state index contributed by atoms with van der Waals surface area (Å²) in [7, 11) is 0. The standard InChI is InChI=1S/C11H15IN2/c1-3-5-10(14-13)9-7-4-6-8(2)11(9)12/h3-4,6-7,10,14H,1,5,13H2,2H3. The van der Waals surface area contributed by atoms with Gasteiger partial charge in [-0.3, -0.25) is 11.3 Å².